The number of hydrogen-bond acceptors (Lipinski definition) is 5. The third kappa shape index (κ3) is 5.22. The molecule has 0 unspecified atom stereocenters. The lowest BCUT2D eigenvalue weighted by atomic mass is 10.1. The topological polar surface area (TPSA) is 56.3 Å². The third-order valence-corrected chi connectivity index (χ3v) is 2.74. The zero-order chi connectivity index (χ0) is 14.3. The molecule has 19 heavy (non-hydrogen) atoms. The molecule has 0 radical (unpaired) electrons. The number of methoxy groups -OCH3 is 1. The van der Waals surface area contributed by atoms with Crippen LogP contribution in [0.25, 0.3) is 0 Å². The van der Waals surface area contributed by atoms with Crippen molar-refractivity contribution < 1.29 is 9.47 Å². The number of hydrogen-bond donors (Lipinski definition) is 1. The molecule has 0 saturated heterocycles. The van der Waals surface area contributed by atoms with E-state index in [9.17, 15) is 0 Å². The lowest BCUT2D eigenvalue weighted by molar-refractivity contribution is -0.0211. The van der Waals surface area contributed by atoms with Gasteiger partial charge in [-0.2, -0.15) is 0 Å². The van der Waals surface area contributed by atoms with Crippen molar-refractivity contribution in [3.05, 3.63) is 23.3 Å². The Morgan fingerprint density at radius 3 is 2.68 bits per heavy atom. The van der Waals surface area contributed by atoms with E-state index >= 15 is 0 Å². The summed E-state index contributed by atoms with van der Waals surface area (Å²) in [6.07, 6.45) is 0. The third-order valence-electron chi connectivity index (χ3n) is 2.74. The molecule has 0 spiro atoms. The highest BCUT2D eigenvalue weighted by Gasteiger charge is 2.24. The van der Waals surface area contributed by atoms with Gasteiger partial charge in [-0.05, 0) is 33.8 Å². The summed E-state index contributed by atoms with van der Waals surface area (Å²) in [4.78, 5) is 9.06. The first kappa shape index (κ1) is 16.0. The van der Waals surface area contributed by atoms with Gasteiger partial charge in [0.15, 0.2) is 5.82 Å². The van der Waals surface area contributed by atoms with Crippen molar-refractivity contribution in [2.75, 3.05) is 26.9 Å². The summed E-state index contributed by atoms with van der Waals surface area (Å²) < 4.78 is 10.7. The lowest BCUT2D eigenvalue weighted by Gasteiger charge is -2.23. The van der Waals surface area contributed by atoms with Crippen LogP contribution in [0.3, 0.4) is 0 Å². The SMILES string of the molecule is CCOC(C)(C)c1nc(C)cc(CNCCOC)n1. The lowest BCUT2D eigenvalue weighted by Crippen LogP contribution is -2.27. The molecule has 1 rings (SSSR count). The van der Waals surface area contributed by atoms with Gasteiger partial charge in [-0.1, -0.05) is 0 Å². The largest absolute Gasteiger partial charge is 0.383 e. The minimum atomic E-state index is -0.456. The van der Waals surface area contributed by atoms with Crippen molar-refractivity contribution in [3.8, 4) is 0 Å². The molecule has 1 heterocycles. The molecule has 1 aromatic rings. The quantitative estimate of drug-likeness (QED) is 0.728. The second kappa shape index (κ2) is 7.53. The smallest absolute Gasteiger partial charge is 0.160 e. The van der Waals surface area contributed by atoms with Gasteiger partial charge in [-0.3, -0.25) is 0 Å². The molecule has 0 bridgehead atoms. The average Bonchev–Trinajstić information content (AvgIpc) is 2.34. The first-order valence-electron chi connectivity index (χ1n) is 6.68. The minimum absolute atomic E-state index is 0.456. The number of nitrogens with zero attached hydrogens (tertiary/aromatic N) is 2. The molecule has 1 aromatic heterocycles. The zero-order valence-electron chi connectivity index (χ0n) is 12.6. The molecule has 0 fully saturated rings. The predicted octanol–water partition coefficient (Wildman–Crippen LogP) is 1.79. The molecule has 0 aliphatic carbocycles. The molecule has 0 aliphatic heterocycles. The molecule has 0 saturated carbocycles. The van der Waals surface area contributed by atoms with E-state index in [0.717, 1.165) is 23.8 Å². The second-order valence-corrected chi connectivity index (χ2v) is 4.94. The number of nitrogens with one attached hydrogen (secondary N) is 1. The Bertz CT molecular complexity index is 394. The van der Waals surface area contributed by atoms with Crippen molar-refractivity contribution in [2.24, 2.45) is 0 Å². The second-order valence-electron chi connectivity index (χ2n) is 4.94. The van der Waals surface area contributed by atoms with E-state index in [1.807, 2.05) is 33.8 Å². The van der Waals surface area contributed by atoms with Crippen LogP contribution in [0, 0.1) is 6.92 Å². The van der Waals surface area contributed by atoms with Crippen molar-refractivity contribution in [1.29, 1.82) is 0 Å². The summed E-state index contributed by atoms with van der Waals surface area (Å²) in [6.45, 7) is 10.8. The van der Waals surface area contributed by atoms with E-state index in [1.165, 1.54) is 0 Å². The fourth-order valence-corrected chi connectivity index (χ4v) is 1.81. The van der Waals surface area contributed by atoms with Crippen LogP contribution in [0.15, 0.2) is 6.07 Å². The van der Waals surface area contributed by atoms with Crippen LogP contribution in [0.2, 0.25) is 0 Å². The summed E-state index contributed by atoms with van der Waals surface area (Å²) >= 11 is 0. The van der Waals surface area contributed by atoms with Gasteiger partial charge in [-0.15, -0.1) is 0 Å². The first-order valence-corrected chi connectivity index (χ1v) is 6.68. The molecule has 5 heteroatoms. The Hall–Kier alpha value is -1.04. The highest BCUT2D eigenvalue weighted by Crippen LogP contribution is 2.21. The number of ether oxygens (including phenoxy) is 2. The Morgan fingerprint density at radius 1 is 1.32 bits per heavy atom. The van der Waals surface area contributed by atoms with Crippen LogP contribution in [0.5, 0.6) is 0 Å². The minimum Gasteiger partial charge on any atom is -0.383 e. The van der Waals surface area contributed by atoms with Crippen LogP contribution in [-0.4, -0.2) is 36.8 Å². The fraction of sp³-hybridized carbons (Fsp3) is 0.714. The predicted molar refractivity (Wildman–Crippen MR) is 75.0 cm³/mol. The Labute approximate surface area is 115 Å². The van der Waals surface area contributed by atoms with Crippen LogP contribution in [0.4, 0.5) is 0 Å². The maximum absolute atomic E-state index is 5.70. The van der Waals surface area contributed by atoms with Crippen LogP contribution >= 0.6 is 0 Å². The van der Waals surface area contributed by atoms with Gasteiger partial charge < -0.3 is 14.8 Å². The molecule has 0 aromatic carbocycles. The monoisotopic (exact) mass is 267 g/mol. The zero-order valence-corrected chi connectivity index (χ0v) is 12.6. The highest BCUT2D eigenvalue weighted by atomic mass is 16.5. The van der Waals surface area contributed by atoms with Crippen LogP contribution in [-0.2, 0) is 21.6 Å². The highest BCUT2D eigenvalue weighted by molar-refractivity contribution is 5.13. The summed E-state index contributed by atoms with van der Waals surface area (Å²) in [5, 5.41) is 3.28. The summed E-state index contributed by atoms with van der Waals surface area (Å²) in [6, 6.07) is 1.99. The molecule has 108 valence electrons. The van der Waals surface area contributed by atoms with Gasteiger partial charge in [-0.25, -0.2) is 9.97 Å². The van der Waals surface area contributed by atoms with Gasteiger partial charge in [0, 0.05) is 32.5 Å². The van der Waals surface area contributed by atoms with Crippen molar-refractivity contribution in [3.63, 3.8) is 0 Å². The maximum Gasteiger partial charge on any atom is 0.160 e. The van der Waals surface area contributed by atoms with Gasteiger partial charge >= 0.3 is 0 Å². The van der Waals surface area contributed by atoms with Crippen molar-refractivity contribution in [1.82, 2.24) is 15.3 Å². The van der Waals surface area contributed by atoms with E-state index in [-0.39, 0.29) is 0 Å². The number of aromatic nitrogens is 2. The van der Waals surface area contributed by atoms with Gasteiger partial charge in [0.05, 0.1) is 12.3 Å². The number of aryl methyl sites for hydroxylation is 1. The van der Waals surface area contributed by atoms with Gasteiger partial charge in [0.2, 0.25) is 0 Å². The summed E-state index contributed by atoms with van der Waals surface area (Å²) in [7, 11) is 1.69. The van der Waals surface area contributed by atoms with Gasteiger partial charge in [0.1, 0.15) is 5.60 Å². The van der Waals surface area contributed by atoms with E-state index in [0.29, 0.717) is 19.8 Å². The van der Waals surface area contributed by atoms with Crippen molar-refractivity contribution >= 4 is 0 Å². The average molecular weight is 267 g/mol. The first-order chi connectivity index (χ1) is 8.99. The standard InChI is InChI=1S/C14H25N3O2/c1-6-19-14(3,4)13-16-11(2)9-12(17-13)10-15-7-8-18-5/h9,15H,6-8,10H2,1-5H3. The molecule has 0 amide bonds. The molecule has 1 N–H and O–H groups in total. The van der Waals surface area contributed by atoms with E-state index in [1.54, 1.807) is 7.11 Å². The summed E-state index contributed by atoms with van der Waals surface area (Å²) in [5.74, 6) is 0.734. The van der Waals surface area contributed by atoms with E-state index in [4.69, 9.17) is 9.47 Å². The molecular weight excluding hydrogens is 242 g/mol. The Morgan fingerprint density at radius 2 is 2.05 bits per heavy atom. The molecule has 0 aliphatic rings. The van der Waals surface area contributed by atoms with Crippen LogP contribution < -0.4 is 5.32 Å². The van der Waals surface area contributed by atoms with Crippen LogP contribution in [0.1, 0.15) is 38.0 Å². The summed E-state index contributed by atoms with van der Waals surface area (Å²) in [5.41, 5.74) is 1.48. The van der Waals surface area contributed by atoms with E-state index in [2.05, 4.69) is 15.3 Å². The van der Waals surface area contributed by atoms with Crippen molar-refractivity contribution in [2.45, 2.75) is 39.8 Å². The van der Waals surface area contributed by atoms with E-state index < -0.39 is 5.60 Å². The molecule has 5 nitrogen and oxygen atoms in total. The fourth-order valence-electron chi connectivity index (χ4n) is 1.81. The Balaban J connectivity index is 2.76. The molecular formula is C14H25N3O2. The normalized spacial score (nSPS) is 11.8. The van der Waals surface area contributed by atoms with Gasteiger partial charge in [0.25, 0.3) is 0 Å². The maximum atomic E-state index is 5.70. The molecule has 0 atom stereocenters. The Kier molecular flexibility index (Phi) is 6.34. The number of rotatable bonds is 8.